The van der Waals surface area contributed by atoms with E-state index in [1.165, 1.54) is 0 Å². The fourth-order valence-corrected chi connectivity index (χ4v) is 1.16. The van der Waals surface area contributed by atoms with Crippen LogP contribution < -0.4 is 0 Å². The molecule has 0 aromatic heterocycles. The normalized spacial score (nSPS) is 20.6. The van der Waals surface area contributed by atoms with E-state index in [0.717, 1.165) is 13.2 Å². The van der Waals surface area contributed by atoms with Gasteiger partial charge in [0.15, 0.2) is 0 Å². The van der Waals surface area contributed by atoms with Gasteiger partial charge in [0, 0.05) is 16.9 Å². The molecule has 0 unspecified atom stereocenters. The second-order valence-corrected chi connectivity index (χ2v) is 5.37. The number of ether oxygens (including phenoxy) is 1. The average Bonchev–Trinajstić information content (AvgIpc) is 1.73. The topological polar surface area (TPSA) is 21.6 Å². The monoisotopic (exact) mass is 173 g/mol. The molecule has 0 saturated carbocycles. The Kier molecular flexibility index (Phi) is 2.96. The van der Waals surface area contributed by atoms with E-state index < -0.39 is 0 Å². The fraction of sp³-hybridized carbons (Fsp3) is 0.875. The molecule has 1 aliphatic heterocycles. The van der Waals surface area contributed by atoms with Crippen LogP contribution in [0.25, 0.3) is 0 Å². The quantitative estimate of drug-likeness (QED) is 0.471. The molecule has 2 nitrogen and oxygen atoms in total. The van der Waals surface area contributed by atoms with Gasteiger partial charge in [-0.2, -0.15) is 0 Å². The lowest BCUT2D eigenvalue weighted by atomic mass is 10.1. The fourth-order valence-electron chi connectivity index (χ4n) is 0.615. The highest BCUT2D eigenvalue weighted by atomic mass is 32.2. The third-order valence-corrected chi connectivity index (χ3v) is 2.04. The molecular formula is C8H15NOS. The number of hydrogen-bond donors (Lipinski definition) is 0. The van der Waals surface area contributed by atoms with Crippen LogP contribution in [0.5, 0.6) is 0 Å². The molecule has 0 atom stereocenters. The molecule has 1 saturated heterocycles. The van der Waals surface area contributed by atoms with Gasteiger partial charge in [0.05, 0.1) is 13.2 Å². The summed E-state index contributed by atoms with van der Waals surface area (Å²) in [5.74, 6) is 0.574. The van der Waals surface area contributed by atoms with Crippen LogP contribution in [0.3, 0.4) is 0 Å². The van der Waals surface area contributed by atoms with Crippen LogP contribution in [-0.4, -0.2) is 24.2 Å². The predicted octanol–water partition coefficient (Wildman–Crippen LogP) is 2.15. The maximum Gasteiger partial charge on any atom is 0.0566 e. The first-order chi connectivity index (χ1) is 5.08. The zero-order chi connectivity index (χ0) is 8.32. The molecule has 1 rings (SSSR count). The maximum absolute atomic E-state index is 5.02. The lowest BCUT2D eigenvalue weighted by Crippen LogP contribution is -2.28. The van der Waals surface area contributed by atoms with E-state index in [0.29, 0.717) is 5.92 Å². The van der Waals surface area contributed by atoms with Crippen LogP contribution in [0, 0.1) is 5.92 Å². The molecular weight excluding hydrogens is 158 g/mol. The molecule has 64 valence electrons. The van der Waals surface area contributed by atoms with E-state index >= 15 is 0 Å². The van der Waals surface area contributed by atoms with E-state index in [1.54, 1.807) is 11.9 Å². The molecule has 1 aliphatic rings. The average molecular weight is 173 g/mol. The Balaban J connectivity index is 2.14. The van der Waals surface area contributed by atoms with Gasteiger partial charge in [-0.3, -0.25) is 0 Å². The zero-order valence-corrected chi connectivity index (χ0v) is 8.15. The molecule has 3 heteroatoms. The molecule has 0 bridgehead atoms. The Morgan fingerprint density at radius 1 is 1.45 bits per heavy atom. The zero-order valence-electron chi connectivity index (χ0n) is 7.33. The van der Waals surface area contributed by atoms with Crippen molar-refractivity contribution in [1.82, 2.24) is 0 Å². The molecule has 0 aromatic carbocycles. The lowest BCUT2D eigenvalue weighted by Gasteiger charge is -2.22. The number of rotatable bonds is 2. The SMILES string of the molecule is CC(C)(C)SN=CC1COC1. The molecule has 1 heterocycles. The van der Waals surface area contributed by atoms with Crippen molar-refractivity contribution in [3.05, 3.63) is 0 Å². The summed E-state index contributed by atoms with van der Waals surface area (Å²) in [5.41, 5.74) is 0. The van der Waals surface area contributed by atoms with Crippen LogP contribution in [0.2, 0.25) is 0 Å². The van der Waals surface area contributed by atoms with Crippen molar-refractivity contribution in [1.29, 1.82) is 0 Å². The molecule has 0 spiro atoms. The van der Waals surface area contributed by atoms with E-state index in [-0.39, 0.29) is 4.75 Å². The van der Waals surface area contributed by atoms with E-state index in [4.69, 9.17) is 4.74 Å². The summed E-state index contributed by atoms with van der Waals surface area (Å²) < 4.78 is 9.53. The number of hydrogen-bond acceptors (Lipinski definition) is 3. The van der Waals surface area contributed by atoms with E-state index in [1.807, 2.05) is 6.21 Å². The molecule has 0 aromatic rings. The third-order valence-electron chi connectivity index (χ3n) is 1.26. The molecule has 0 radical (unpaired) electrons. The Bertz CT molecular complexity index is 147. The minimum absolute atomic E-state index is 0.237. The third kappa shape index (κ3) is 3.77. The van der Waals surface area contributed by atoms with Gasteiger partial charge in [-0.05, 0) is 32.7 Å². The van der Waals surface area contributed by atoms with Crippen molar-refractivity contribution in [3.63, 3.8) is 0 Å². The first-order valence-electron chi connectivity index (χ1n) is 3.87. The second kappa shape index (κ2) is 3.59. The highest BCUT2D eigenvalue weighted by Gasteiger charge is 2.16. The van der Waals surface area contributed by atoms with Gasteiger partial charge in [-0.15, -0.1) is 0 Å². The minimum atomic E-state index is 0.237. The van der Waals surface area contributed by atoms with Crippen molar-refractivity contribution >= 4 is 18.2 Å². The molecule has 1 fully saturated rings. The largest absolute Gasteiger partial charge is 0.380 e. The first-order valence-corrected chi connectivity index (χ1v) is 4.65. The molecule has 0 N–H and O–H groups in total. The summed E-state index contributed by atoms with van der Waals surface area (Å²) in [6.45, 7) is 8.19. The summed E-state index contributed by atoms with van der Waals surface area (Å²) in [4.78, 5) is 0. The molecule has 11 heavy (non-hydrogen) atoms. The minimum Gasteiger partial charge on any atom is -0.380 e. The lowest BCUT2D eigenvalue weighted by molar-refractivity contribution is 0.00422. The van der Waals surface area contributed by atoms with Gasteiger partial charge in [-0.25, -0.2) is 4.40 Å². The van der Waals surface area contributed by atoms with Gasteiger partial charge in [0.1, 0.15) is 0 Å². The van der Waals surface area contributed by atoms with Crippen molar-refractivity contribution in [2.24, 2.45) is 10.3 Å². The standard InChI is InChI=1S/C8H15NOS/c1-8(2,3)11-9-4-7-5-10-6-7/h4,7H,5-6H2,1-3H3. The van der Waals surface area contributed by atoms with Crippen molar-refractivity contribution in [3.8, 4) is 0 Å². The Labute approximate surface area is 72.6 Å². The van der Waals surface area contributed by atoms with E-state index in [2.05, 4.69) is 25.2 Å². The molecule has 0 aliphatic carbocycles. The van der Waals surface area contributed by atoms with Crippen molar-refractivity contribution in [2.45, 2.75) is 25.5 Å². The van der Waals surface area contributed by atoms with Crippen LogP contribution in [0.15, 0.2) is 4.40 Å². The summed E-state index contributed by atoms with van der Waals surface area (Å²) in [6, 6.07) is 0. The van der Waals surface area contributed by atoms with Crippen molar-refractivity contribution < 1.29 is 4.74 Å². The summed E-state index contributed by atoms with van der Waals surface area (Å²) in [5, 5.41) is 0. The van der Waals surface area contributed by atoms with Crippen molar-refractivity contribution in [2.75, 3.05) is 13.2 Å². The van der Waals surface area contributed by atoms with Crippen LogP contribution >= 0.6 is 11.9 Å². The summed E-state index contributed by atoms with van der Waals surface area (Å²) >= 11 is 1.63. The Morgan fingerprint density at radius 3 is 2.45 bits per heavy atom. The molecule has 0 amide bonds. The maximum atomic E-state index is 5.02. The van der Waals surface area contributed by atoms with Gasteiger partial charge in [0.2, 0.25) is 0 Å². The highest BCUT2D eigenvalue weighted by Crippen LogP contribution is 2.24. The highest BCUT2D eigenvalue weighted by molar-refractivity contribution is 7.99. The van der Waals surface area contributed by atoms with Crippen LogP contribution in [-0.2, 0) is 4.74 Å². The summed E-state index contributed by atoms with van der Waals surface area (Å²) in [6.07, 6.45) is 2.00. The summed E-state index contributed by atoms with van der Waals surface area (Å²) in [7, 11) is 0. The van der Waals surface area contributed by atoms with Gasteiger partial charge < -0.3 is 4.74 Å². The van der Waals surface area contributed by atoms with E-state index in [9.17, 15) is 0 Å². The second-order valence-electron chi connectivity index (χ2n) is 3.76. The van der Waals surface area contributed by atoms with Gasteiger partial charge in [-0.1, -0.05) is 0 Å². The Hall–Kier alpha value is -0.0200. The van der Waals surface area contributed by atoms with Gasteiger partial charge >= 0.3 is 0 Å². The number of nitrogens with zero attached hydrogens (tertiary/aromatic N) is 1. The van der Waals surface area contributed by atoms with Crippen LogP contribution in [0.4, 0.5) is 0 Å². The smallest absolute Gasteiger partial charge is 0.0566 e. The first kappa shape index (κ1) is 9.07. The van der Waals surface area contributed by atoms with Gasteiger partial charge in [0.25, 0.3) is 0 Å². The Morgan fingerprint density at radius 2 is 2.09 bits per heavy atom. The predicted molar refractivity (Wildman–Crippen MR) is 50.1 cm³/mol. The van der Waals surface area contributed by atoms with Crippen LogP contribution in [0.1, 0.15) is 20.8 Å².